The van der Waals surface area contributed by atoms with Gasteiger partial charge in [0, 0.05) is 56.2 Å². The number of nitrogens with zero attached hydrogens (tertiary/aromatic N) is 2. The van der Waals surface area contributed by atoms with E-state index in [-0.39, 0.29) is 70.6 Å². The predicted molar refractivity (Wildman–Crippen MR) is 364 cm³/mol. The van der Waals surface area contributed by atoms with Crippen LogP contribution in [0.15, 0.2) is 45.3 Å². The molecule has 0 unspecified atom stereocenters. The zero-order chi connectivity index (χ0) is 71.3. The summed E-state index contributed by atoms with van der Waals surface area (Å²) >= 11 is 2.37. The van der Waals surface area contributed by atoms with Crippen LogP contribution < -0.4 is 42.4 Å². The molecule has 1 saturated carbocycles. The minimum absolute atomic E-state index is 0.00240. The van der Waals surface area contributed by atoms with Gasteiger partial charge in [-0.2, -0.15) is 4.31 Å². The summed E-state index contributed by atoms with van der Waals surface area (Å²) in [5.41, 5.74) is 3.24. The van der Waals surface area contributed by atoms with E-state index in [2.05, 4.69) is 61.8 Å². The van der Waals surface area contributed by atoms with Crippen molar-refractivity contribution >= 4 is 90.4 Å². The van der Waals surface area contributed by atoms with Crippen LogP contribution in [0.1, 0.15) is 190 Å². The number of nitrogens with one attached hydrogen (secondary N) is 7. The number of carbonyl (C=O) groups excluding carboxylic acids is 8. The fraction of sp³-hybridized carbons (Fsp3) is 0.723. The highest BCUT2D eigenvalue weighted by Crippen LogP contribution is 2.65. The van der Waals surface area contributed by atoms with Crippen LogP contribution in [-0.2, 0) is 60.0 Å². The molecule has 3 aliphatic heterocycles. The summed E-state index contributed by atoms with van der Waals surface area (Å²) in [6.07, 6.45) is 7.06. The molecule has 8 atom stereocenters. The standard InChI is InChI=1S/C37H56N6O7S2.C17H28N2O6S2.C11H24N2O2/c1-7-18-38-33(46)31(44)24-15-13-11-9-8-10-12-14-16-25(34(47)43-20-23-29(37(23,5)6)30(43)32(45)39-24)40-35(48)41-28(36(2,3)4)22-42-21-26-27(17-19-51-26)52(42,49)50;1-16(2,3)12(19-15(21)25-17(4,5)6)10-18-27(22,23)11-8-9-26-13(11)14(20)24-7;1-10(2,3)8(7-12)13-9(14)15-11(4,5)6/h7,17,19,23-25,28-30H,1,8-16,18,20-22H2,2-6H3,(H,38,46)(H,39,45)(H2,40,41,48);8-9,12,18H,10H2,1-7H3,(H,19,21);8H,7,12H2,1-6H3,(H,13,14)/t23-,24-,25-,28+,29-,30-;12-;8-/m011/s1. The Morgan fingerprint density at radius 2 is 1.31 bits per heavy atom. The molecular weight excluding hydrogens is 1290 g/mol. The second-order valence-electron chi connectivity index (χ2n) is 30.3. The van der Waals surface area contributed by atoms with Gasteiger partial charge in [-0.25, -0.2) is 40.7 Å². The number of methoxy groups -OCH3 is 1. The SMILES string of the molecule is C=CCNC(=O)C(=O)[C@@H]1CCCCCCCCC[C@H](NC(=O)N[C@H](CN2Cc3sccc3S2(=O)=O)C(C)(C)C)C(=O)N2C[C@H]3[C@@H]([C@H]2C(=O)N1)C3(C)C.CC(C)(C)OC(=O)N[C@H](CN)C(C)(C)C.COC(=O)c1sccc1S(=O)(=O)NC[C@@H](NC(=O)OC(C)(C)C)C(C)(C)C. The molecular formula is C65H108N10O15S4. The summed E-state index contributed by atoms with van der Waals surface area (Å²) in [4.78, 5) is 106. The molecule has 7 amide bonds. The van der Waals surface area contributed by atoms with Crippen LogP contribution in [-0.4, -0.2) is 161 Å². The van der Waals surface area contributed by atoms with E-state index in [0.29, 0.717) is 43.7 Å². The smallest absolute Gasteiger partial charge is 0.407 e. The Balaban J connectivity index is 0.000000371. The molecule has 0 aromatic carbocycles. The molecule has 5 heterocycles. The van der Waals surface area contributed by atoms with E-state index in [1.807, 2.05) is 83.1 Å². The summed E-state index contributed by atoms with van der Waals surface area (Å²) in [6, 6.07) is -1.63. The van der Waals surface area contributed by atoms with E-state index >= 15 is 0 Å². The highest BCUT2D eigenvalue weighted by molar-refractivity contribution is 7.90. The number of alkyl carbamates (subject to hydrolysis) is 2. The lowest BCUT2D eigenvalue weighted by Gasteiger charge is -2.36. The molecule has 2 aromatic rings. The molecule has 2 aromatic heterocycles. The van der Waals surface area contributed by atoms with E-state index < -0.39 is 114 Å². The number of sulfonamides is 2. The van der Waals surface area contributed by atoms with Crippen LogP contribution in [0.5, 0.6) is 0 Å². The lowest BCUT2D eigenvalue weighted by molar-refractivity contribution is -0.144. The first kappa shape index (κ1) is 80.7. The number of ketones is 1. The Morgan fingerprint density at radius 1 is 0.777 bits per heavy atom. The maximum atomic E-state index is 14.4. The molecule has 4 aliphatic rings. The minimum Gasteiger partial charge on any atom is -0.465 e. The van der Waals surface area contributed by atoms with Gasteiger partial charge in [-0.3, -0.25) is 19.2 Å². The first-order valence-corrected chi connectivity index (χ1v) is 36.9. The zero-order valence-corrected chi connectivity index (χ0v) is 61.8. The van der Waals surface area contributed by atoms with Crippen molar-refractivity contribution in [3.8, 4) is 0 Å². The fourth-order valence-corrected chi connectivity index (χ4v) is 16.5. The number of nitrogens with two attached hydrogens (primary N) is 1. The molecule has 0 bridgehead atoms. The van der Waals surface area contributed by atoms with Gasteiger partial charge < -0.3 is 56.7 Å². The van der Waals surface area contributed by atoms with Crippen molar-refractivity contribution in [1.82, 2.24) is 45.8 Å². The molecule has 0 spiro atoms. The van der Waals surface area contributed by atoms with E-state index in [1.165, 1.54) is 40.3 Å². The molecule has 3 fully saturated rings. The van der Waals surface area contributed by atoms with Gasteiger partial charge in [-0.05, 0) is 111 Å². The normalized spacial score (nSPS) is 22.0. The van der Waals surface area contributed by atoms with Gasteiger partial charge in [-0.1, -0.05) is 127 Å². The van der Waals surface area contributed by atoms with Crippen molar-refractivity contribution in [3.63, 3.8) is 0 Å². The maximum absolute atomic E-state index is 14.4. The Labute approximate surface area is 566 Å². The van der Waals surface area contributed by atoms with Crippen LogP contribution in [0, 0.1) is 33.5 Å². The summed E-state index contributed by atoms with van der Waals surface area (Å²) in [7, 11) is -6.46. The lowest BCUT2D eigenvalue weighted by atomic mass is 9.86. The number of rotatable bonds is 16. The minimum atomic E-state index is -3.96. The van der Waals surface area contributed by atoms with E-state index in [9.17, 15) is 55.2 Å². The quantitative estimate of drug-likeness (QED) is 0.0339. The fourth-order valence-electron chi connectivity index (χ4n) is 11.2. The number of piperidine rings is 1. The summed E-state index contributed by atoms with van der Waals surface area (Å²) in [5.74, 6) is -3.12. The predicted octanol–water partition coefficient (Wildman–Crippen LogP) is 8.34. The van der Waals surface area contributed by atoms with Crippen LogP contribution in [0.3, 0.4) is 0 Å². The number of amides is 7. The van der Waals surface area contributed by atoms with Crippen molar-refractivity contribution < 1.29 is 69.4 Å². The van der Waals surface area contributed by atoms with Gasteiger partial charge in [0.25, 0.3) is 5.91 Å². The number of urea groups is 1. The summed E-state index contributed by atoms with van der Waals surface area (Å²) in [6.45, 7) is 37.0. The van der Waals surface area contributed by atoms with Crippen molar-refractivity contribution in [3.05, 3.63) is 45.3 Å². The largest absolute Gasteiger partial charge is 0.465 e. The monoisotopic (exact) mass is 1400 g/mol. The Kier molecular flexibility index (Phi) is 28.4. The number of esters is 1. The molecule has 25 nitrogen and oxygen atoms in total. The van der Waals surface area contributed by atoms with Gasteiger partial charge >= 0.3 is 24.2 Å². The molecule has 9 N–H and O–H groups in total. The maximum Gasteiger partial charge on any atom is 0.407 e. The third-order valence-corrected chi connectivity index (χ3v) is 22.4. The van der Waals surface area contributed by atoms with Gasteiger partial charge in [0.05, 0.1) is 24.1 Å². The molecule has 532 valence electrons. The number of hydrogen-bond acceptors (Lipinski definition) is 18. The number of carbonyl (C=O) groups is 8. The highest BCUT2D eigenvalue weighted by atomic mass is 32.2. The number of ether oxygens (including phenoxy) is 3. The number of fused-ring (bicyclic) bond motifs is 4. The number of Topliss-reactive ketones (excluding diaryl/α,β-unsaturated/α-hetero) is 1. The van der Waals surface area contributed by atoms with Crippen molar-refractivity contribution in [1.29, 1.82) is 0 Å². The number of thiophene rings is 2. The zero-order valence-electron chi connectivity index (χ0n) is 58.5. The molecule has 1 aliphatic carbocycles. The van der Waals surface area contributed by atoms with Gasteiger partial charge in [0.1, 0.15) is 33.1 Å². The first-order chi connectivity index (χ1) is 43.2. The van der Waals surface area contributed by atoms with Gasteiger partial charge in [0.2, 0.25) is 37.6 Å². The second-order valence-corrected chi connectivity index (χ2v) is 35.8. The van der Waals surface area contributed by atoms with Crippen LogP contribution >= 0.6 is 22.7 Å². The Morgan fingerprint density at radius 3 is 1.82 bits per heavy atom. The average molecular weight is 1400 g/mol. The van der Waals surface area contributed by atoms with Crippen LogP contribution in [0.4, 0.5) is 14.4 Å². The molecule has 29 heteroatoms. The highest BCUT2D eigenvalue weighted by Gasteiger charge is 2.69. The van der Waals surface area contributed by atoms with Gasteiger partial charge in [0.15, 0.2) is 0 Å². The first-order valence-electron chi connectivity index (χ1n) is 32.2. The molecule has 0 radical (unpaired) electrons. The number of hydrogen-bond donors (Lipinski definition) is 8. The second kappa shape index (κ2) is 33.0. The third kappa shape index (κ3) is 23.3. The molecule has 6 rings (SSSR count). The molecule has 2 saturated heterocycles. The Bertz CT molecular complexity index is 3200. The lowest BCUT2D eigenvalue weighted by Crippen LogP contribution is -2.60. The summed E-state index contributed by atoms with van der Waals surface area (Å²) < 4.78 is 70.6. The van der Waals surface area contributed by atoms with Crippen LogP contribution in [0.2, 0.25) is 0 Å². The average Bonchev–Trinajstić information content (AvgIpc) is 1.53. The third-order valence-electron chi connectivity index (χ3n) is 17.0. The topological polar surface area (TPSA) is 349 Å². The Hall–Kier alpha value is -5.72. The van der Waals surface area contributed by atoms with Gasteiger partial charge in [-0.15, -0.1) is 29.3 Å². The summed E-state index contributed by atoms with van der Waals surface area (Å²) in [5, 5.41) is 20.0. The van der Waals surface area contributed by atoms with Crippen molar-refractivity contribution in [2.45, 2.75) is 239 Å². The van der Waals surface area contributed by atoms with Crippen molar-refractivity contribution in [2.75, 3.05) is 39.8 Å². The van der Waals surface area contributed by atoms with E-state index in [0.717, 1.165) is 48.3 Å². The van der Waals surface area contributed by atoms with E-state index in [1.54, 1.807) is 37.1 Å². The van der Waals surface area contributed by atoms with Crippen LogP contribution in [0.25, 0.3) is 0 Å². The van der Waals surface area contributed by atoms with Crippen molar-refractivity contribution in [2.24, 2.45) is 39.2 Å². The van der Waals surface area contributed by atoms with E-state index in [4.69, 9.17) is 15.2 Å². The molecule has 94 heavy (non-hydrogen) atoms.